The summed E-state index contributed by atoms with van der Waals surface area (Å²) in [5.41, 5.74) is 2.26. The summed E-state index contributed by atoms with van der Waals surface area (Å²) in [4.78, 5) is 37.4. The largest absolute Gasteiger partial charge is 0.448 e. The molecule has 0 saturated heterocycles. The number of ketones is 1. The highest BCUT2D eigenvalue weighted by molar-refractivity contribution is 7.14. The predicted octanol–water partition coefficient (Wildman–Crippen LogP) is 4.40. The van der Waals surface area contributed by atoms with Crippen molar-refractivity contribution in [3.63, 3.8) is 0 Å². The lowest BCUT2D eigenvalue weighted by atomic mass is 10.1. The first-order valence-electron chi connectivity index (χ1n) is 8.54. The third kappa shape index (κ3) is 5.02. The van der Waals surface area contributed by atoms with Crippen LogP contribution in [0, 0.1) is 6.92 Å². The second-order valence-corrected chi connectivity index (χ2v) is 7.37. The SMILES string of the molecule is CCCc1cc(C(=O)O[C@H](C)C(=O)Nc2ccc(C(C)=O)cc2)sc1C. The van der Waals surface area contributed by atoms with Crippen LogP contribution in [0.15, 0.2) is 30.3 Å². The van der Waals surface area contributed by atoms with Crippen LogP contribution in [0.2, 0.25) is 0 Å². The fraction of sp³-hybridized carbons (Fsp3) is 0.350. The number of Topliss-reactive ketones (excluding diaryl/α,β-unsaturated/α-hetero) is 1. The van der Waals surface area contributed by atoms with E-state index in [1.807, 2.05) is 13.0 Å². The molecular weight excluding hydrogens is 350 g/mol. The number of rotatable bonds is 7. The van der Waals surface area contributed by atoms with Crippen molar-refractivity contribution < 1.29 is 19.1 Å². The first kappa shape index (κ1) is 19.8. The van der Waals surface area contributed by atoms with E-state index in [4.69, 9.17) is 4.74 Å². The van der Waals surface area contributed by atoms with Crippen LogP contribution < -0.4 is 5.32 Å². The van der Waals surface area contributed by atoms with E-state index in [0.717, 1.165) is 23.3 Å². The Morgan fingerprint density at radius 2 is 1.85 bits per heavy atom. The number of carbonyl (C=O) groups excluding carboxylic acids is 3. The van der Waals surface area contributed by atoms with Gasteiger partial charge in [-0.15, -0.1) is 11.3 Å². The summed E-state index contributed by atoms with van der Waals surface area (Å²) < 4.78 is 5.28. The Morgan fingerprint density at radius 1 is 1.19 bits per heavy atom. The summed E-state index contributed by atoms with van der Waals surface area (Å²) in [6, 6.07) is 8.40. The van der Waals surface area contributed by atoms with E-state index in [9.17, 15) is 14.4 Å². The summed E-state index contributed by atoms with van der Waals surface area (Å²) >= 11 is 1.39. The molecule has 1 heterocycles. The molecule has 0 saturated carbocycles. The Kier molecular flexibility index (Phi) is 6.69. The van der Waals surface area contributed by atoms with Gasteiger partial charge >= 0.3 is 5.97 Å². The number of amides is 1. The maximum Gasteiger partial charge on any atom is 0.349 e. The van der Waals surface area contributed by atoms with E-state index in [0.29, 0.717) is 16.1 Å². The van der Waals surface area contributed by atoms with Crippen molar-refractivity contribution in [1.82, 2.24) is 0 Å². The molecule has 0 spiro atoms. The quantitative estimate of drug-likeness (QED) is 0.577. The van der Waals surface area contributed by atoms with Gasteiger partial charge in [0.25, 0.3) is 5.91 Å². The average Bonchev–Trinajstić information content (AvgIpc) is 2.96. The number of ether oxygens (including phenoxy) is 1. The van der Waals surface area contributed by atoms with Crippen LogP contribution in [0.5, 0.6) is 0 Å². The van der Waals surface area contributed by atoms with E-state index >= 15 is 0 Å². The lowest BCUT2D eigenvalue weighted by Crippen LogP contribution is -2.29. The Balaban J connectivity index is 1.96. The van der Waals surface area contributed by atoms with Gasteiger partial charge in [-0.3, -0.25) is 9.59 Å². The summed E-state index contributed by atoms with van der Waals surface area (Å²) in [7, 11) is 0. The van der Waals surface area contributed by atoms with Gasteiger partial charge in [0.1, 0.15) is 4.88 Å². The van der Waals surface area contributed by atoms with Gasteiger partial charge < -0.3 is 10.1 Å². The zero-order chi connectivity index (χ0) is 19.3. The van der Waals surface area contributed by atoms with Gasteiger partial charge in [-0.25, -0.2) is 4.79 Å². The second-order valence-electron chi connectivity index (χ2n) is 6.11. The van der Waals surface area contributed by atoms with Gasteiger partial charge in [-0.2, -0.15) is 0 Å². The van der Waals surface area contributed by atoms with Crippen molar-refractivity contribution in [1.29, 1.82) is 0 Å². The molecule has 0 aliphatic rings. The number of anilines is 1. The van der Waals surface area contributed by atoms with Crippen molar-refractivity contribution in [2.45, 2.75) is 46.6 Å². The molecule has 1 atom stereocenters. The van der Waals surface area contributed by atoms with Crippen LogP contribution in [-0.2, 0) is 16.0 Å². The third-order valence-electron chi connectivity index (χ3n) is 3.95. The number of esters is 1. The van der Waals surface area contributed by atoms with Crippen LogP contribution in [0.25, 0.3) is 0 Å². The molecular formula is C20H23NO4S. The van der Waals surface area contributed by atoms with Gasteiger partial charge in [-0.1, -0.05) is 13.3 Å². The zero-order valence-corrected chi connectivity index (χ0v) is 16.2. The summed E-state index contributed by atoms with van der Waals surface area (Å²) in [6.07, 6.45) is 1.00. The maximum atomic E-state index is 12.3. The molecule has 138 valence electrons. The number of thiophene rings is 1. The van der Waals surface area contributed by atoms with E-state index in [2.05, 4.69) is 12.2 Å². The normalized spacial score (nSPS) is 11.7. The molecule has 1 amide bonds. The van der Waals surface area contributed by atoms with Crippen molar-refractivity contribution in [2.24, 2.45) is 0 Å². The molecule has 0 radical (unpaired) electrons. The van der Waals surface area contributed by atoms with Crippen molar-refractivity contribution in [3.05, 3.63) is 51.2 Å². The van der Waals surface area contributed by atoms with E-state index in [-0.39, 0.29) is 5.78 Å². The molecule has 0 unspecified atom stereocenters. The first-order chi connectivity index (χ1) is 12.3. The highest BCUT2D eigenvalue weighted by Crippen LogP contribution is 2.24. The van der Waals surface area contributed by atoms with Gasteiger partial charge in [0.05, 0.1) is 0 Å². The summed E-state index contributed by atoms with van der Waals surface area (Å²) in [5, 5.41) is 2.68. The standard InChI is InChI=1S/C20H23NO4S/c1-5-6-16-11-18(26-14(16)4)20(24)25-13(3)19(23)21-17-9-7-15(8-10-17)12(2)22/h7-11,13H,5-6H2,1-4H3,(H,21,23)/t13-/m1/s1. The van der Waals surface area contributed by atoms with Crippen LogP contribution in [0.1, 0.15) is 57.7 Å². The van der Waals surface area contributed by atoms with Gasteiger partial charge in [0, 0.05) is 16.1 Å². The molecule has 6 heteroatoms. The molecule has 1 aromatic carbocycles. The minimum Gasteiger partial charge on any atom is -0.448 e. The summed E-state index contributed by atoms with van der Waals surface area (Å²) in [5.74, 6) is -0.954. The Labute approximate surface area is 157 Å². The van der Waals surface area contributed by atoms with Crippen molar-refractivity contribution >= 4 is 34.7 Å². The molecule has 1 aromatic heterocycles. The topological polar surface area (TPSA) is 72.5 Å². The number of hydrogen-bond acceptors (Lipinski definition) is 5. The Hall–Kier alpha value is -2.47. The fourth-order valence-corrected chi connectivity index (χ4v) is 3.40. The van der Waals surface area contributed by atoms with Gasteiger partial charge in [-0.05, 0) is 63.1 Å². The first-order valence-corrected chi connectivity index (χ1v) is 9.35. The monoisotopic (exact) mass is 373 g/mol. The van der Waals surface area contributed by atoms with Crippen LogP contribution in [-0.4, -0.2) is 23.8 Å². The Morgan fingerprint density at radius 3 is 2.42 bits per heavy atom. The molecule has 2 aromatic rings. The van der Waals surface area contributed by atoms with Gasteiger partial charge in [0.15, 0.2) is 11.9 Å². The van der Waals surface area contributed by atoms with E-state index in [1.54, 1.807) is 24.3 Å². The lowest BCUT2D eigenvalue weighted by molar-refractivity contribution is -0.123. The van der Waals surface area contributed by atoms with Crippen LogP contribution >= 0.6 is 11.3 Å². The van der Waals surface area contributed by atoms with Crippen LogP contribution in [0.4, 0.5) is 5.69 Å². The second kappa shape index (κ2) is 8.76. The number of hydrogen-bond donors (Lipinski definition) is 1. The minimum absolute atomic E-state index is 0.0427. The van der Waals surface area contributed by atoms with Crippen molar-refractivity contribution in [3.8, 4) is 0 Å². The molecule has 26 heavy (non-hydrogen) atoms. The molecule has 0 aliphatic heterocycles. The third-order valence-corrected chi connectivity index (χ3v) is 5.03. The molecule has 0 fully saturated rings. The number of nitrogens with one attached hydrogen (secondary N) is 1. The van der Waals surface area contributed by atoms with Gasteiger partial charge in [0.2, 0.25) is 0 Å². The smallest absolute Gasteiger partial charge is 0.349 e. The predicted molar refractivity (Wildman–Crippen MR) is 103 cm³/mol. The molecule has 0 aliphatic carbocycles. The highest BCUT2D eigenvalue weighted by Gasteiger charge is 2.21. The average molecular weight is 373 g/mol. The molecule has 5 nitrogen and oxygen atoms in total. The molecule has 1 N–H and O–H groups in total. The van der Waals surface area contributed by atoms with E-state index in [1.165, 1.54) is 25.2 Å². The number of carbonyl (C=O) groups is 3. The zero-order valence-electron chi connectivity index (χ0n) is 15.4. The lowest BCUT2D eigenvalue weighted by Gasteiger charge is -2.13. The highest BCUT2D eigenvalue weighted by atomic mass is 32.1. The van der Waals surface area contributed by atoms with E-state index < -0.39 is 18.0 Å². The number of aryl methyl sites for hydroxylation is 2. The van der Waals surface area contributed by atoms with Crippen LogP contribution in [0.3, 0.4) is 0 Å². The molecule has 0 bridgehead atoms. The number of benzene rings is 1. The van der Waals surface area contributed by atoms with Crippen molar-refractivity contribution in [2.75, 3.05) is 5.32 Å². The molecule has 2 rings (SSSR count). The Bertz CT molecular complexity index is 808. The maximum absolute atomic E-state index is 12.3. The minimum atomic E-state index is -0.924. The summed E-state index contributed by atoms with van der Waals surface area (Å²) in [6.45, 7) is 7.08. The fourth-order valence-electron chi connectivity index (χ4n) is 2.44.